The van der Waals surface area contributed by atoms with E-state index in [1.54, 1.807) is 0 Å². The summed E-state index contributed by atoms with van der Waals surface area (Å²) in [5, 5.41) is 10.8. The summed E-state index contributed by atoms with van der Waals surface area (Å²) in [6, 6.07) is 13.8. The normalized spacial score (nSPS) is 14.5. The zero-order chi connectivity index (χ0) is 19.0. The molecule has 1 fully saturated rings. The molecule has 0 aliphatic carbocycles. The third kappa shape index (κ3) is 3.44. The topological polar surface area (TPSA) is 53.4 Å². The van der Waals surface area contributed by atoms with E-state index in [0.29, 0.717) is 16.5 Å². The molecule has 3 aromatic rings. The molecule has 5 heteroatoms. The van der Waals surface area contributed by atoms with Crippen LogP contribution in [0.1, 0.15) is 35.2 Å². The summed E-state index contributed by atoms with van der Waals surface area (Å²) in [6.45, 7) is 3.77. The summed E-state index contributed by atoms with van der Waals surface area (Å²) in [5.41, 5.74) is 4.67. The van der Waals surface area contributed by atoms with E-state index in [2.05, 4.69) is 20.8 Å². The van der Waals surface area contributed by atoms with Gasteiger partial charge in [-0.1, -0.05) is 45.8 Å². The van der Waals surface area contributed by atoms with E-state index in [1.807, 2.05) is 49.4 Å². The van der Waals surface area contributed by atoms with Gasteiger partial charge in [-0.3, -0.25) is 0 Å². The third-order valence-corrected chi connectivity index (χ3v) is 5.63. The molecule has 0 bridgehead atoms. The first-order valence-electron chi connectivity index (χ1n) is 9.23. The van der Waals surface area contributed by atoms with Crippen LogP contribution in [-0.4, -0.2) is 29.1 Å². The molecule has 138 valence electrons. The maximum Gasteiger partial charge on any atom is 0.338 e. The molecule has 1 aliphatic heterocycles. The van der Waals surface area contributed by atoms with Crippen LogP contribution in [0.15, 0.2) is 46.9 Å². The second kappa shape index (κ2) is 7.31. The van der Waals surface area contributed by atoms with Crippen LogP contribution in [0.3, 0.4) is 0 Å². The molecule has 0 radical (unpaired) electrons. The minimum atomic E-state index is -0.908. The molecule has 2 aromatic carbocycles. The Morgan fingerprint density at radius 3 is 2.44 bits per heavy atom. The molecule has 27 heavy (non-hydrogen) atoms. The smallest absolute Gasteiger partial charge is 0.338 e. The van der Waals surface area contributed by atoms with Gasteiger partial charge in [-0.2, -0.15) is 0 Å². The number of pyridine rings is 1. The Bertz CT molecular complexity index is 1010. The highest BCUT2D eigenvalue weighted by Gasteiger charge is 2.26. The van der Waals surface area contributed by atoms with Crippen molar-refractivity contribution in [1.29, 1.82) is 0 Å². The summed E-state index contributed by atoms with van der Waals surface area (Å²) in [5.74, 6) is -0.908. The molecule has 4 rings (SSSR count). The predicted octanol–water partition coefficient (Wildman–Crippen LogP) is 5.66. The van der Waals surface area contributed by atoms with Gasteiger partial charge >= 0.3 is 5.97 Å². The highest BCUT2D eigenvalue weighted by molar-refractivity contribution is 9.10. The van der Waals surface area contributed by atoms with Crippen LogP contribution in [0.5, 0.6) is 0 Å². The van der Waals surface area contributed by atoms with Crippen molar-refractivity contribution in [1.82, 2.24) is 4.98 Å². The first kappa shape index (κ1) is 18.0. The van der Waals surface area contributed by atoms with Crippen molar-refractivity contribution >= 4 is 38.5 Å². The number of carboxylic acids is 1. The van der Waals surface area contributed by atoms with Gasteiger partial charge in [-0.05, 0) is 44.4 Å². The fourth-order valence-electron chi connectivity index (χ4n) is 3.78. The monoisotopic (exact) mass is 424 g/mol. The van der Waals surface area contributed by atoms with Crippen molar-refractivity contribution < 1.29 is 9.90 Å². The quantitative estimate of drug-likeness (QED) is 0.588. The zero-order valence-corrected chi connectivity index (χ0v) is 16.8. The van der Waals surface area contributed by atoms with Gasteiger partial charge in [0.1, 0.15) is 0 Å². The molecule has 1 saturated heterocycles. The van der Waals surface area contributed by atoms with Gasteiger partial charge in [0, 0.05) is 28.5 Å². The lowest BCUT2D eigenvalue weighted by molar-refractivity contribution is 0.0699. The number of hydrogen-bond acceptors (Lipinski definition) is 3. The number of nitrogens with zero attached hydrogens (tertiary/aromatic N) is 2. The molecule has 2 heterocycles. The molecule has 1 aromatic heterocycles. The summed E-state index contributed by atoms with van der Waals surface area (Å²) in [4.78, 5) is 19.5. The van der Waals surface area contributed by atoms with Crippen LogP contribution in [0.25, 0.3) is 22.2 Å². The van der Waals surface area contributed by atoms with E-state index in [1.165, 1.54) is 12.0 Å². The molecule has 1 N–H and O–H groups in total. The van der Waals surface area contributed by atoms with E-state index in [-0.39, 0.29) is 0 Å². The number of hydrogen-bond donors (Lipinski definition) is 1. The first-order valence-corrected chi connectivity index (χ1v) is 10.0. The number of carboxylic acid groups (broad SMARTS) is 1. The average molecular weight is 425 g/mol. The van der Waals surface area contributed by atoms with E-state index in [9.17, 15) is 9.90 Å². The minimum absolute atomic E-state index is 0.346. The number of benzene rings is 2. The molecule has 0 amide bonds. The van der Waals surface area contributed by atoms with Crippen LogP contribution in [-0.2, 0) is 0 Å². The van der Waals surface area contributed by atoms with Crippen molar-refractivity contribution in [3.63, 3.8) is 0 Å². The number of aryl methyl sites for hydroxylation is 1. The van der Waals surface area contributed by atoms with Crippen LogP contribution >= 0.6 is 15.9 Å². The first-order chi connectivity index (χ1) is 13.0. The maximum atomic E-state index is 12.4. The molecule has 1 aliphatic rings. The summed E-state index contributed by atoms with van der Waals surface area (Å²) in [6.07, 6.45) is 3.33. The number of carbonyl (C=O) groups is 1. The van der Waals surface area contributed by atoms with Crippen molar-refractivity contribution in [3.8, 4) is 11.3 Å². The van der Waals surface area contributed by atoms with Crippen LogP contribution in [0.2, 0.25) is 0 Å². The van der Waals surface area contributed by atoms with Gasteiger partial charge in [-0.25, -0.2) is 9.78 Å². The molecule has 4 nitrogen and oxygen atoms in total. The van der Waals surface area contributed by atoms with Crippen LogP contribution in [0.4, 0.5) is 5.69 Å². The molecule has 0 spiro atoms. The van der Waals surface area contributed by atoms with Gasteiger partial charge in [0.25, 0.3) is 0 Å². The second-order valence-electron chi connectivity index (χ2n) is 7.06. The zero-order valence-electron chi connectivity index (χ0n) is 15.2. The van der Waals surface area contributed by atoms with Crippen molar-refractivity contribution in [3.05, 3.63) is 58.1 Å². The average Bonchev–Trinajstić information content (AvgIpc) is 2.67. The largest absolute Gasteiger partial charge is 0.478 e. The fourth-order valence-corrected chi connectivity index (χ4v) is 4.14. The number of anilines is 1. The number of piperidine rings is 1. The SMILES string of the molecule is Cc1ccc(-c2nc3ccc(Br)cc3c(C(=O)O)c2N2CCCCC2)cc1. The third-order valence-electron chi connectivity index (χ3n) is 5.13. The van der Waals surface area contributed by atoms with Crippen molar-refractivity contribution in [2.75, 3.05) is 18.0 Å². The Hall–Kier alpha value is -2.40. The van der Waals surface area contributed by atoms with E-state index >= 15 is 0 Å². The highest BCUT2D eigenvalue weighted by Crippen LogP contribution is 2.39. The van der Waals surface area contributed by atoms with E-state index in [0.717, 1.165) is 47.3 Å². The van der Waals surface area contributed by atoms with E-state index < -0.39 is 5.97 Å². The number of rotatable bonds is 3. The van der Waals surface area contributed by atoms with Gasteiger partial charge in [0.15, 0.2) is 0 Å². The van der Waals surface area contributed by atoms with Gasteiger partial charge in [-0.15, -0.1) is 0 Å². The highest BCUT2D eigenvalue weighted by atomic mass is 79.9. The van der Waals surface area contributed by atoms with Crippen LogP contribution in [0, 0.1) is 6.92 Å². The van der Waals surface area contributed by atoms with Crippen LogP contribution < -0.4 is 4.90 Å². The minimum Gasteiger partial charge on any atom is -0.478 e. The standard InChI is InChI=1S/C22H21BrN2O2/c1-14-5-7-15(8-6-14)20-21(25-11-3-2-4-12-25)19(22(26)27)17-13-16(23)9-10-18(17)24-20/h5-10,13H,2-4,11-12H2,1H3,(H,26,27). The fraction of sp³-hybridized carbons (Fsp3) is 0.273. The van der Waals surface area contributed by atoms with Crippen molar-refractivity contribution in [2.24, 2.45) is 0 Å². The molecule has 0 unspecified atom stereocenters. The molecular formula is C22H21BrN2O2. The lowest BCUT2D eigenvalue weighted by atomic mass is 9.98. The molecule has 0 atom stereocenters. The summed E-state index contributed by atoms with van der Waals surface area (Å²) < 4.78 is 0.854. The number of aromatic carboxylic acids is 1. The number of halogens is 1. The Labute approximate surface area is 167 Å². The Morgan fingerprint density at radius 2 is 1.78 bits per heavy atom. The second-order valence-corrected chi connectivity index (χ2v) is 7.98. The van der Waals surface area contributed by atoms with Crippen molar-refractivity contribution in [2.45, 2.75) is 26.2 Å². The van der Waals surface area contributed by atoms with Gasteiger partial charge in [0.05, 0.1) is 22.5 Å². The predicted molar refractivity (Wildman–Crippen MR) is 113 cm³/mol. The Kier molecular flexibility index (Phi) is 4.87. The summed E-state index contributed by atoms with van der Waals surface area (Å²) in [7, 11) is 0. The number of fused-ring (bicyclic) bond motifs is 1. The van der Waals surface area contributed by atoms with Gasteiger partial charge < -0.3 is 10.0 Å². The summed E-state index contributed by atoms with van der Waals surface area (Å²) >= 11 is 3.47. The van der Waals surface area contributed by atoms with E-state index in [4.69, 9.17) is 4.98 Å². The number of aromatic nitrogens is 1. The molecule has 0 saturated carbocycles. The molecular weight excluding hydrogens is 404 g/mol. The Morgan fingerprint density at radius 1 is 1.07 bits per heavy atom. The lowest BCUT2D eigenvalue weighted by Crippen LogP contribution is -2.31. The van der Waals surface area contributed by atoms with Gasteiger partial charge in [0.2, 0.25) is 0 Å². The lowest BCUT2D eigenvalue weighted by Gasteiger charge is -2.32. The Balaban J connectivity index is 2.06. The maximum absolute atomic E-state index is 12.4.